The smallest absolute Gasteiger partial charge is 0.251 e. The van der Waals surface area contributed by atoms with E-state index in [0.717, 1.165) is 18.5 Å². The van der Waals surface area contributed by atoms with Gasteiger partial charge < -0.3 is 9.72 Å². The van der Waals surface area contributed by atoms with Crippen LogP contribution in [0.2, 0.25) is 0 Å². The molecule has 0 radical (unpaired) electrons. The zero-order valence-electron chi connectivity index (χ0n) is 9.88. The molecule has 0 spiro atoms. The van der Waals surface area contributed by atoms with E-state index in [-0.39, 0.29) is 5.56 Å². The van der Waals surface area contributed by atoms with Crippen molar-refractivity contribution in [2.75, 3.05) is 7.11 Å². The lowest BCUT2D eigenvalue weighted by atomic mass is 10.1. The largest absolute Gasteiger partial charge is 0.480 e. The van der Waals surface area contributed by atoms with Crippen molar-refractivity contribution >= 4 is 0 Å². The highest BCUT2D eigenvalue weighted by atomic mass is 16.5. The monoisotopic (exact) mass is 244 g/mol. The highest BCUT2D eigenvalue weighted by Crippen LogP contribution is 2.44. The molecule has 92 valence electrons. The summed E-state index contributed by atoms with van der Waals surface area (Å²) >= 11 is 0. The molecular weight excluding hydrogens is 232 g/mol. The van der Waals surface area contributed by atoms with Crippen molar-refractivity contribution in [3.05, 3.63) is 34.6 Å². The van der Waals surface area contributed by atoms with Gasteiger partial charge in [-0.1, -0.05) is 0 Å². The summed E-state index contributed by atoms with van der Waals surface area (Å²) in [6.07, 6.45) is 5.16. The number of rotatable bonds is 3. The minimum atomic E-state index is -0.201. The van der Waals surface area contributed by atoms with Crippen LogP contribution in [0.15, 0.2) is 23.4 Å². The molecule has 1 fully saturated rings. The molecule has 2 heterocycles. The number of nitrogens with one attached hydrogen (secondary N) is 1. The molecule has 0 unspecified atom stereocenters. The van der Waals surface area contributed by atoms with Crippen LogP contribution in [-0.4, -0.2) is 27.0 Å². The maximum absolute atomic E-state index is 11.4. The SMILES string of the molecule is COc1ncnc(C2CC2)c1-c1nccc(=O)[nH]1. The summed E-state index contributed by atoms with van der Waals surface area (Å²) in [5.41, 5.74) is 1.39. The fraction of sp³-hybridized carbons (Fsp3) is 0.333. The molecule has 0 aliphatic heterocycles. The molecule has 2 aromatic heterocycles. The number of hydrogen-bond acceptors (Lipinski definition) is 5. The third kappa shape index (κ3) is 1.85. The van der Waals surface area contributed by atoms with Gasteiger partial charge in [0.1, 0.15) is 17.7 Å². The van der Waals surface area contributed by atoms with E-state index < -0.39 is 0 Å². The van der Waals surface area contributed by atoms with Crippen molar-refractivity contribution < 1.29 is 4.74 Å². The molecule has 3 rings (SSSR count). The first-order valence-corrected chi connectivity index (χ1v) is 5.74. The number of hydrogen-bond donors (Lipinski definition) is 1. The molecular formula is C12H12N4O2. The van der Waals surface area contributed by atoms with E-state index in [0.29, 0.717) is 23.2 Å². The summed E-state index contributed by atoms with van der Waals surface area (Å²) in [6, 6.07) is 1.37. The van der Waals surface area contributed by atoms with Crippen molar-refractivity contribution in [3.63, 3.8) is 0 Å². The number of nitrogens with zero attached hydrogens (tertiary/aromatic N) is 3. The molecule has 1 aliphatic rings. The highest BCUT2D eigenvalue weighted by Gasteiger charge is 2.30. The van der Waals surface area contributed by atoms with Crippen LogP contribution in [0.25, 0.3) is 11.4 Å². The normalized spacial score (nSPS) is 14.5. The van der Waals surface area contributed by atoms with Gasteiger partial charge in [0.05, 0.1) is 12.8 Å². The van der Waals surface area contributed by atoms with Gasteiger partial charge in [-0.05, 0) is 12.8 Å². The van der Waals surface area contributed by atoms with Crippen LogP contribution in [0.1, 0.15) is 24.5 Å². The summed E-state index contributed by atoms with van der Waals surface area (Å²) in [5.74, 6) is 1.32. The van der Waals surface area contributed by atoms with Crippen LogP contribution in [0.4, 0.5) is 0 Å². The van der Waals surface area contributed by atoms with Crippen LogP contribution in [0.5, 0.6) is 5.88 Å². The van der Waals surface area contributed by atoms with Gasteiger partial charge in [-0.3, -0.25) is 4.79 Å². The summed E-state index contributed by atoms with van der Waals surface area (Å²) in [7, 11) is 1.55. The predicted octanol–water partition coefficient (Wildman–Crippen LogP) is 1.11. The van der Waals surface area contributed by atoms with Crippen molar-refractivity contribution in [2.45, 2.75) is 18.8 Å². The minimum Gasteiger partial charge on any atom is -0.480 e. The molecule has 1 N–H and O–H groups in total. The molecule has 0 saturated heterocycles. The summed E-state index contributed by atoms with van der Waals surface area (Å²) in [5, 5.41) is 0. The number of aromatic amines is 1. The number of methoxy groups -OCH3 is 1. The van der Waals surface area contributed by atoms with E-state index in [1.54, 1.807) is 7.11 Å². The Balaban J connectivity index is 2.22. The number of ether oxygens (including phenoxy) is 1. The first-order valence-electron chi connectivity index (χ1n) is 5.74. The first kappa shape index (κ1) is 10.9. The number of H-pyrrole nitrogens is 1. The lowest BCUT2D eigenvalue weighted by Gasteiger charge is -2.10. The van der Waals surface area contributed by atoms with E-state index in [1.807, 2.05) is 0 Å². The van der Waals surface area contributed by atoms with Gasteiger partial charge in [0.15, 0.2) is 0 Å². The fourth-order valence-corrected chi connectivity index (χ4v) is 1.92. The van der Waals surface area contributed by atoms with Gasteiger partial charge in [0.25, 0.3) is 5.56 Å². The van der Waals surface area contributed by atoms with Crippen LogP contribution in [0, 0.1) is 0 Å². The zero-order valence-corrected chi connectivity index (χ0v) is 9.88. The lowest BCUT2D eigenvalue weighted by Crippen LogP contribution is -2.09. The highest BCUT2D eigenvalue weighted by molar-refractivity contribution is 5.65. The molecule has 0 aromatic carbocycles. The van der Waals surface area contributed by atoms with Gasteiger partial charge in [-0.25, -0.2) is 15.0 Å². The molecule has 0 bridgehead atoms. The molecule has 1 aliphatic carbocycles. The number of aromatic nitrogens is 4. The van der Waals surface area contributed by atoms with Crippen molar-refractivity contribution in [3.8, 4) is 17.3 Å². The average molecular weight is 244 g/mol. The van der Waals surface area contributed by atoms with Gasteiger partial charge in [0, 0.05) is 18.2 Å². The van der Waals surface area contributed by atoms with Gasteiger partial charge in [-0.2, -0.15) is 0 Å². The fourth-order valence-electron chi connectivity index (χ4n) is 1.92. The van der Waals surface area contributed by atoms with Crippen molar-refractivity contribution in [2.24, 2.45) is 0 Å². The van der Waals surface area contributed by atoms with Crippen molar-refractivity contribution in [1.29, 1.82) is 0 Å². The summed E-state index contributed by atoms with van der Waals surface area (Å²) in [6.45, 7) is 0. The van der Waals surface area contributed by atoms with Gasteiger partial charge in [0.2, 0.25) is 5.88 Å². The Hall–Kier alpha value is -2.24. The molecule has 6 heteroatoms. The van der Waals surface area contributed by atoms with Gasteiger partial charge in [-0.15, -0.1) is 0 Å². The predicted molar refractivity (Wildman–Crippen MR) is 64.4 cm³/mol. The zero-order chi connectivity index (χ0) is 12.5. The molecule has 0 atom stereocenters. The molecule has 1 saturated carbocycles. The molecule has 18 heavy (non-hydrogen) atoms. The molecule has 2 aromatic rings. The van der Waals surface area contributed by atoms with E-state index in [9.17, 15) is 4.79 Å². The molecule has 0 amide bonds. The Morgan fingerprint density at radius 3 is 2.83 bits per heavy atom. The van der Waals surface area contributed by atoms with Crippen molar-refractivity contribution in [1.82, 2.24) is 19.9 Å². The minimum absolute atomic E-state index is 0.201. The summed E-state index contributed by atoms with van der Waals surface area (Å²) in [4.78, 5) is 26.6. The third-order valence-corrected chi connectivity index (χ3v) is 2.91. The van der Waals surface area contributed by atoms with E-state index in [2.05, 4.69) is 19.9 Å². The quantitative estimate of drug-likeness (QED) is 0.874. The van der Waals surface area contributed by atoms with Gasteiger partial charge >= 0.3 is 0 Å². The van der Waals surface area contributed by atoms with Crippen LogP contribution in [0.3, 0.4) is 0 Å². The second kappa shape index (κ2) is 4.21. The average Bonchev–Trinajstić information content (AvgIpc) is 3.22. The topological polar surface area (TPSA) is 80.8 Å². The van der Waals surface area contributed by atoms with Crippen LogP contribution in [-0.2, 0) is 0 Å². The molecule has 6 nitrogen and oxygen atoms in total. The van der Waals surface area contributed by atoms with E-state index in [1.165, 1.54) is 18.6 Å². The maximum atomic E-state index is 11.4. The van der Waals surface area contributed by atoms with E-state index in [4.69, 9.17) is 4.74 Å². The second-order valence-electron chi connectivity index (χ2n) is 4.20. The summed E-state index contributed by atoms with van der Waals surface area (Å²) < 4.78 is 5.25. The Labute approximate surface area is 103 Å². The Morgan fingerprint density at radius 2 is 2.17 bits per heavy atom. The van der Waals surface area contributed by atoms with E-state index >= 15 is 0 Å². The Kier molecular flexibility index (Phi) is 2.55. The Morgan fingerprint density at radius 1 is 1.33 bits per heavy atom. The third-order valence-electron chi connectivity index (χ3n) is 2.91. The second-order valence-corrected chi connectivity index (χ2v) is 4.20. The van der Waals surface area contributed by atoms with Crippen LogP contribution < -0.4 is 10.3 Å². The standard InChI is InChI=1S/C12H12N4O2/c1-18-12-9(11-13-5-4-8(17)16-11)10(7-2-3-7)14-6-15-12/h4-7H,2-3H2,1H3,(H,13,16,17). The lowest BCUT2D eigenvalue weighted by molar-refractivity contribution is 0.397. The Bertz CT molecular complexity index is 634. The van der Waals surface area contributed by atoms with Crippen LogP contribution >= 0.6 is 0 Å². The first-order chi connectivity index (χ1) is 8.79. The maximum Gasteiger partial charge on any atom is 0.251 e.